The average Bonchev–Trinajstić information content (AvgIpc) is 2.85. The molecule has 1 atom stereocenters. The van der Waals surface area contributed by atoms with Crippen molar-refractivity contribution in [3.63, 3.8) is 0 Å². The molecular weight excluding hydrogens is 314 g/mol. The number of anilines is 1. The van der Waals surface area contributed by atoms with Crippen molar-refractivity contribution in [1.82, 2.24) is 10.3 Å². The summed E-state index contributed by atoms with van der Waals surface area (Å²) in [5.41, 5.74) is 1.98. The number of carbonyl (C=O) groups excluding carboxylic acids is 2. The highest BCUT2D eigenvalue weighted by Gasteiger charge is 2.25. The highest BCUT2D eigenvalue weighted by molar-refractivity contribution is 7.22. The highest BCUT2D eigenvalue weighted by Crippen LogP contribution is 2.26. The van der Waals surface area contributed by atoms with Crippen LogP contribution in [0.1, 0.15) is 26.3 Å². The molecule has 2 N–H and O–H groups in total. The van der Waals surface area contributed by atoms with Crippen LogP contribution in [0.5, 0.6) is 0 Å². The lowest BCUT2D eigenvalue weighted by atomic mass is 10.0. The fraction of sp³-hybridized carbons (Fsp3) is 0.438. The van der Waals surface area contributed by atoms with E-state index in [9.17, 15) is 9.59 Å². The molecule has 1 unspecified atom stereocenters. The first kappa shape index (κ1) is 17.2. The van der Waals surface area contributed by atoms with E-state index in [2.05, 4.69) is 15.6 Å². The van der Waals surface area contributed by atoms with Crippen LogP contribution in [0.15, 0.2) is 18.2 Å². The van der Waals surface area contributed by atoms with Gasteiger partial charge in [0.25, 0.3) is 0 Å². The Morgan fingerprint density at radius 3 is 2.74 bits per heavy atom. The fourth-order valence-electron chi connectivity index (χ4n) is 2.10. The van der Waals surface area contributed by atoms with Crippen LogP contribution in [0.3, 0.4) is 0 Å². The number of carbonyl (C=O) groups is 2. The Kier molecular flexibility index (Phi) is 5.54. The molecule has 6 nitrogen and oxygen atoms in total. The molecule has 0 fully saturated rings. The second kappa shape index (κ2) is 7.41. The van der Waals surface area contributed by atoms with E-state index in [1.54, 1.807) is 6.92 Å². The molecular formula is C16H21N3O3S. The molecule has 0 aliphatic carbocycles. The molecule has 0 bridgehead atoms. The molecule has 1 aromatic carbocycles. The van der Waals surface area contributed by atoms with E-state index in [0.717, 1.165) is 15.8 Å². The van der Waals surface area contributed by atoms with E-state index in [-0.39, 0.29) is 18.4 Å². The molecule has 1 heterocycles. The second-order valence-corrected chi connectivity index (χ2v) is 6.60. The number of amides is 2. The quantitative estimate of drug-likeness (QED) is 0.878. The van der Waals surface area contributed by atoms with Crippen molar-refractivity contribution in [2.75, 3.05) is 11.9 Å². The van der Waals surface area contributed by atoms with Gasteiger partial charge in [-0.3, -0.25) is 4.79 Å². The minimum Gasteiger partial charge on any atom is -0.450 e. The number of hydrogen-bond donors (Lipinski definition) is 2. The average molecular weight is 335 g/mol. The first-order valence-corrected chi connectivity index (χ1v) is 8.33. The van der Waals surface area contributed by atoms with Crippen molar-refractivity contribution in [3.8, 4) is 0 Å². The summed E-state index contributed by atoms with van der Waals surface area (Å²) in [6.45, 7) is 7.70. The smallest absolute Gasteiger partial charge is 0.407 e. The standard InChI is InChI=1S/C16H21N3O3S/c1-5-22-16(21)18-13(9(2)3)14(20)19-15-17-11-7-6-10(4)8-12(11)23-15/h6-9,13H,5H2,1-4H3,(H,18,21)(H,17,19,20). The number of fused-ring (bicyclic) bond motifs is 1. The molecule has 0 aliphatic heterocycles. The third kappa shape index (κ3) is 4.41. The maximum atomic E-state index is 12.4. The van der Waals surface area contributed by atoms with Gasteiger partial charge in [-0.25, -0.2) is 9.78 Å². The van der Waals surface area contributed by atoms with Crippen LogP contribution in [0.2, 0.25) is 0 Å². The van der Waals surface area contributed by atoms with Gasteiger partial charge in [-0.1, -0.05) is 31.3 Å². The van der Waals surface area contributed by atoms with Gasteiger partial charge in [0.15, 0.2) is 5.13 Å². The lowest BCUT2D eigenvalue weighted by molar-refractivity contribution is -0.119. The molecule has 0 spiro atoms. The molecule has 2 rings (SSSR count). The number of ether oxygens (including phenoxy) is 1. The molecule has 2 aromatic rings. The summed E-state index contributed by atoms with van der Waals surface area (Å²) >= 11 is 1.41. The molecule has 0 saturated heterocycles. The zero-order valence-electron chi connectivity index (χ0n) is 13.7. The number of hydrogen-bond acceptors (Lipinski definition) is 5. The number of rotatable bonds is 5. The van der Waals surface area contributed by atoms with E-state index in [0.29, 0.717) is 5.13 Å². The van der Waals surface area contributed by atoms with Crippen molar-refractivity contribution >= 4 is 38.7 Å². The zero-order chi connectivity index (χ0) is 17.0. The summed E-state index contributed by atoms with van der Waals surface area (Å²) < 4.78 is 5.85. The van der Waals surface area contributed by atoms with Crippen LogP contribution in [0.4, 0.5) is 9.93 Å². The first-order chi connectivity index (χ1) is 10.9. The summed E-state index contributed by atoms with van der Waals surface area (Å²) in [7, 11) is 0. The zero-order valence-corrected chi connectivity index (χ0v) is 14.5. The minimum atomic E-state index is -0.678. The van der Waals surface area contributed by atoms with E-state index < -0.39 is 12.1 Å². The van der Waals surface area contributed by atoms with Crippen LogP contribution in [-0.4, -0.2) is 29.6 Å². The Labute approximate surface area is 139 Å². The number of thiazole rings is 1. The summed E-state index contributed by atoms with van der Waals surface area (Å²) in [6.07, 6.45) is -0.596. The predicted molar refractivity (Wildman–Crippen MR) is 91.8 cm³/mol. The first-order valence-electron chi connectivity index (χ1n) is 7.52. The monoisotopic (exact) mass is 335 g/mol. The van der Waals surface area contributed by atoms with E-state index in [4.69, 9.17) is 4.74 Å². The third-order valence-electron chi connectivity index (χ3n) is 3.27. The number of benzene rings is 1. The summed E-state index contributed by atoms with van der Waals surface area (Å²) in [4.78, 5) is 28.4. The molecule has 23 heavy (non-hydrogen) atoms. The van der Waals surface area contributed by atoms with Crippen LogP contribution >= 0.6 is 11.3 Å². The lowest BCUT2D eigenvalue weighted by Crippen LogP contribution is -2.47. The molecule has 0 radical (unpaired) electrons. The van der Waals surface area contributed by atoms with Gasteiger partial charge in [0.2, 0.25) is 5.91 Å². The van der Waals surface area contributed by atoms with Gasteiger partial charge in [0.05, 0.1) is 16.8 Å². The number of aromatic nitrogens is 1. The van der Waals surface area contributed by atoms with Gasteiger partial charge in [-0.05, 0) is 37.5 Å². The van der Waals surface area contributed by atoms with Crippen LogP contribution in [0.25, 0.3) is 10.2 Å². The van der Waals surface area contributed by atoms with Crippen molar-refractivity contribution in [1.29, 1.82) is 0 Å². The summed E-state index contributed by atoms with van der Waals surface area (Å²) in [6, 6.07) is 5.25. The van der Waals surface area contributed by atoms with Gasteiger partial charge >= 0.3 is 6.09 Å². The Hall–Kier alpha value is -2.15. The molecule has 7 heteroatoms. The molecule has 0 saturated carbocycles. The van der Waals surface area contributed by atoms with Gasteiger partial charge in [0, 0.05) is 0 Å². The van der Waals surface area contributed by atoms with E-state index in [1.807, 2.05) is 39.0 Å². The topological polar surface area (TPSA) is 80.3 Å². The lowest BCUT2D eigenvalue weighted by Gasteiger charge is -2.20. The van der Waals surface area contributed by atoms with Gasteiger partial charge in [-0.2, -0.15) is 0 Å². The number of alkyl carbamates (subject to hydrolysis) is 1. The SMILES string of the molecule is CCOC(=O)NC(C(=O)Nc1nc2ccc(C)cc2s1)C(C)C. The Bertz CT molecular complexity index is 712. The van der Waals surface area contributed by atoms with Crippen molar-refractivity contribution in [2.24, 2.45) is 5.92 Å². The fourth-order valence-corrected chi connectivity index (χ4v) is 3.07. The predicted octanol–water partition coefficient (Wildman–Crippen LogP) is 3.31. The van der Waals surface area contributed by atoms with Crippen molar-refractivity contribution < 1.29 is 14.3 Å². The molecule has 0 aliphatic rings. The van der Waals surface area contributed by atoms with E-state index in [1.165, 1.54) is 11.3 Å². The molecule has 1 aromatic heterocycles. The van der Waals surface area contributed by atoms with Crippen LogP contribution in [0, 0.1) is 12.8 Å². The van der Waals surface area contributed by atoms with Crippen molar-refractivity contribution in [2.45, 2.75) is 33.7 Å². The van der Waals surface area contributed by atoms with E-state index >= 15 is 0 Å². The highest BCUT2D eigenvalue weighted by atomic mass is 32.1. The largest absolute Gasteiger partial charge is 0.450 e. The van der Waals surface area contributed by atoms with Gasteiger partial charge in [0.1, 0.15) is 6.04 Å². The third-order valence-corrected chi connectivity index (χ3v) is 4.21. The Balaban J connectivity index is 2.11. The maximum absolute atomic E-state index is 12.4. The normalized spacial score (nSPS) is 12.2. The number of nitrogens with zero attached hydrogens (tertiary/aromatic N) is 1. The van der Waals surface area contributed by atoms with Crippen molar-refractivity contribution in [3.05, 3.63) is 23.8 Å². The number of nitrogens with one attached hydrogen (secondary N) is 2. The molecule has 124 valence electrons. The Morgan fingerprint density at radius 1 is 1.35 bits per heavy atom. The minimum absolute atomic E-state index is 0.0731. The van der Waals surface area contributed by atoms with Crippen LogP contribution < -0.4 is 10.6 Å². The van der Waals surface area contributed by atoms with Crippen LogP contribution in [-0.2, 0) is 9.53 Å². The van der Waals surface area contributed by atoms with Gasteiger partial charge < -0.3 is 15.4 Å². The maximum Gasteiger partial charge on any atom is 0.407 e. The number of aryl methyl sites for hydroxylation is 1. The summed E-state index contributed by atoms with van der Waals surface area (Å²) in [5, 5.41) is 5.88. The van der Waals surface area contributed by atoms with Gasteiger partial charge in [-0.15, -0.1) is 0 Å². The second-order valence-electron chi connectivity index (χ2n) is 5.57. The molecule has 2 amide bonds. The summed E-state index contributed by atoms with van der Waals surface area (Å²) in [5.74, 6) is -0.375. The Morgan fingerprint density at radius 2 is 2.09 bits per heavy atom.